The highest BCUT2D eigenvalue weighted by Crippen LogP contribution is 2.31. The van der Waals surface area contributed by atoms with Crippen molar-refractivity contribution in [2.45, 2.75) is 26.1 Å². The molecule has 5 nitrogen and oxygen atoms in total. The highest BCUT2D eigenvalue weighted by atomic mass is 19.4. The van der Waals surface area contributed by atoms with E-state index in [0.717, 1.165) is 6.07 Å². The standard InChI is InChI=1S/C17H12F4N2O3/c1-2-14-12(16(24)25)6-9(7-22)15(23-14)26-8-10-5-11(17(19,20)21)3-4-13(10)18/h3-6H,2,8H2,1H3,(H,24,25). The maximum absolute atomic E-state index is 13.7. The lowest BCUT2D eigenvalue weighted by molar-refractivity contribution is -0.137. The van der Waals surface area contributed by atoms with Gasteiger partial charge in [-0.05, 0) is 30.7 Å². The Balaban J connectivity index is 2.35. The summed E-state index contributed by atoms with van der Waals surface area (Å²) >= 11 is 0. The number of ether oxygens (including phenoxy) is 1. The molecule has 0 saturated carbocycles. The van der Waals surface area contributed by atoms with Crippen molar-refractivity contribution >= 4 is 5.97 Å². The average molecular weight is 368 g/mol. The summed E-state index contributed by atoms with van der Waals surface area (Å²) in [5.74, 6) is -2.46. The number of halogens is 4. The van der Waals surface area contributed by atoms with Crippen molar-refractivity contribution in [2.75, 3.05) is 0 Å². The Bertz CT molecular complexity index is 889. The van der Waals surface area contributed by atoms with E-state index in [0.29, 0.717) is 18.2 Å². The van der Waals surface area contributed by atoms with Gasteiger partial charge < -0.3 is 9.84 Å². The molecule has 2 rings (SSSR count). The number of nitrogens with zero attached hydrogens (tertiary/aromatic N) is 2. The fourth-order valence-electron chi connectivity index (χ4n) is 2.18. The first-order chi connectivity index (χ1) is 12.2. The molecule has 0 unspecified atom stereocenters. The van der Waals surface area contributed by atoms with E-state index < -0.39 is 30.1 Å². The molecule has 1 heterocycles. The molecule has 9 heteroatoms. The van der Waals surface area contributed by atoms with Crippen LogP contribution < -0.4 is 4.74 Å². The van der Waals surface area contributed by atoms with Crippen molar-refractivity contribution in [2.24, 2.45) is 0 Å². The number of carboxylic acids is 1. The van der Waals surface area contributed by atoms with Gasteiger partial charge in [-0.3, -0.25) is 0 Å². The van der Waals surface area contributed by atoms with Crippen LogP contribution in [0.25, 0.3) is 0 Å². The van der Waals surface area contributed by atoms with Crippen molar-refractivity contribution < 1.29 is 32.2 Å². The lowest BCUT2D eigenvalue weighted by Crippen LogP contribution is -2.10. The van der Waals surface area contributed by atoms with Crippen LogP contribution in [0.3, 0.4) is 0 Å². The summed E-state index contributed by atoms with van der Waals surface area (Å²) in [6, 6.07) is 4.65. The molecular formula is C17H12F4N2O3. The molecule has 0 bridgehead atoms. The number of rotatable bonds is 5. The van der Waals surface area contributed by atoms with Gasteiger partial charge in [0.25, 0.3) is 0 Å². The Labute approximate surface area is 145 Å². The zero-order valence-corrected chi connectivity index (χ0v) is 13.4. The summed E-state index contributed by atoms with van der Waals surface area (Å²) < 4.78 is 57.1. The van der Waals surface area contributed by atoms with Crippen LogP contribution >= 0.6 is 0 Å². The van der Waals surface area contributed by atoms with E-state index in [1.54, 1.807) is 13.0 Å². The van der Waals surface area contributed by atoms with Crippen LogP contribution in [0.2, 0.25) is 0 Å². The van der Waals surface area contributed by atoms with E-state index in [-0.39, 0.29) is 34.7 Å². The maximum atomic E-state index is 13.7. The van der Waals surface area contributed by atoms with Crippen molar-refractivity contribution in [3.05, 3.63) is 58.0 Å². The zero-order chi connectivity index (χ0) is 19.5. The number of hydrogen-bond donors (Lipinski definition) is 1. The molecule has 0 radical (unpaired) electrons. The van der Waals surface area contributed by atoms with E-state index >= 15 is 0 Å². The van der Waals surface area contributed by atoms with Gasteiger partial charge in [0, 0.05) is 5.56 Å². The van der Waals surface area contributed by atoms with Crippen molar-refractivity contribution in [1.82, 2.24) is 4.98 Å². The molecule has 0 atom stereocenters. The fraction of sp³-hybridized carbons (Fsp3) is 0.235. The number of carbonyl (C=O) groups is 1. The molecule has 0 spiro atoms. The fourth-order valence-corrected chi connectivity index (χ4v) is 2.18. The predicted octanol–water partition coefficient (Wildman–Crippen LogP) is 3.95. The first-order valence-corrected chi connectivity index (χ1v) is 7.33. The Hall–Kier alpha value is -3.15. The van der Waals surface area contributed by atoms with Crippen molar-refractivity contribution in [3.8, 4) is 11.9 Å². The molecule has 1 aromatic heterocycles. The van der Waals surface area contributed by atoms with Crippen LogP contribution in [-0.4, -0.2) is 16.1 Å². The smallest absolute Gasteiger partial charge is 0.416 e. The van der Waals surface area contributed by atoms with Gasteiger partial charge in [0.1, 0.15) is 24.1 Å². The average Bonchev–Trinajstić information content (AvgIpc) is 2.59. The molecule has 136 valence electrons. The lowest BCUT2D eigenvalue weighted by atomic mass is 10.1. The minimum Gasteiger partial charge on any atom is -0.478 e. The van der Waals surface area contributed by atoms with Crippen LogP contribution in [0.15, 0.2) is 24.3 Å². The number of nitriles is 1. The molecule has 26 heavy (non-hydrogen) atoms. The molecule has 0 fully saturated rings. The Morgan fingerprint density at radius 3 is 2.58 bits per heavy atom. The molecule has 2 aromatic rings. The second-order valence-electron chi connectivity index (χ2n) is 5.20. The number of carboxylic acid groups (broad SMARTS) is 1. The minimum absolute atomic E-state index is 0.135. The van der Waals surface area contributed by atoms with Gasteiger partial charge in [-0.25, -0.2) is 14.2 Å². The molecule has 1 aromatic carbocycles. The predicted molar refractivity (Wildman–Crippen MR) is 81.0 cm³/mol. The number of hydrogen-bond acceptors (Lipinski definition) is 4. The van der Waals surface area contributed by atoms with E-state index in [4.69, 9.17) is 15.1 Å². The Morgan fingerprint density at radius 2 is 2.04 bits per heavy atom. The number of benzene rings is 1. The van der Waals surface area contributed by atoms with Crippen LogP contribution in [0.1, 0.15) is 39.7 Å². The van der Waals surface area contributed by atoms with Crippen LogP contribution in [0, 0.1) is 17.1 Å². The number of aromatic carboxylic acids is 1. The second kappa shape index (κ2) is 7.39. The highest BCUT2D eigenvalue weighted by molar-refractivity contribution is 5.89. The molecular weight excluding hydrogens is 356 g/mol. The molecule has 0 amide bonds. The number of aryl methyl sites for hydroxylation is 1. The molecule has 0 saturated heterocycles. The Morgan fingerprint density at radius 1 is 1.35 bits per heavy atom. The van der Waals surface area contributed by atoms with Crippen molar-refractivity contribution in [3.63, 3.8) is 0 Å². The van der Waals surface area contributed by atoms with Crippen LogP contribution in [0.5, 0.6) is 5.88 Å². The topological polar surface area (TPSA) is 83.2 Å². The number of aromatic nitrogens is 1. The number of alkyl halides is 3. The van der Waals surface area contributed by atoms with E-state index in [9.17, 15) is 22.4 Å². The summed E-state index contributed by atoms with van der Waals surface area (Å²) in [5.41, 5.74) is -1.67. The third kappa shape index (κ3) is 4.08. The van der Waals surface area contributed by atoms with E-state index in [1.807, 2.05) is 0 Å². The number of pyridine rings is 1. The quantitative estimate of drug-likeness (QED) is 0.808. The van der Waals surface area contributed by atoms with Gasteiger partial charge in [0.2, 0.25) is 5.88 Å². The van der Waals surface area contributed by atoms with Gasteiger partial charge in [-0.1, -0.05) is 6.92 Å². The normalized spacial score (nSPS) is 11.1. The molecule has 1 N–H and O–H groups in total. The summed E-state index contributed by atoms with van der Waals surface area (Å²) in [6.45, 7) is 1.03. The van der Waals surface area contributed by atoms with Gasteiger partial charge in [-0.15, -0.1) is 0 Å². The monoisotopic (exact) mass is 368 g/mol. The first-order valence-electron chi connectivity index (χ1n) is 7.33. The van der Waals surface area contributed by atoms with Gasteiger partial charge >= 0.3 is 12.1 Å². The SMILES string of the molecule is CCc1nc(OCc2cc(C(F)(F)F)ccc2F)c(C#N)cc1C(=O)O. The largest absolute Gasteiger partial charge is 0.478 e. The van der Waals surface area contributed by atoms with Gasteiger partial charge in [0.15, 0.2) is 0 Å². The second-order valence-corrected chi connectivity index (χ2v) is 5.20. The third-order valence-electron chi connectivity index (χ3n) is 3.49. The minimum atomic E-state index is -4.64. The molecule has 0 aliphatic carbocycles. The van der Waals surface area contributed by atoms with E-state index in [2.05, 4.69) is 4.98 Å². The van der Waals surface area contributed by atoms with Gasteiger partial charge in [-0.2, -0.15) is 18.4 Å². The molecule has 0 aliphatic heterocycles. The van der Waals surface area contributed by atoms with E-state index in [1.165, 1.54) is 0 Å². The van der Waals surface area contributed by atoms with Crippen LogP contribution in [-0.2, 0) is 19.2 Å². The summed E-state index contributed by atoms with van der Waals surface area (Å²) in [4.78, 5) is 15.1. The molecule has 0 aliphatic rings. The summed E-state index contributed by atoms with van der Waals surface area (Å²) in [6.07, 6.45) is -4.42. The highest BCUT2D eigenvalue weighted by Gasteiger charge is 2.31. The first kappa shape index (κ1) is 19.2. The van der Waals surface area contributed by atoms with Gasteiger partial charge in [0.05, 0.1) is 16.8 Å². The summed E-state index contributed by atoms with van der Waals surface area (Å²) in [7, 11) is 0. The maximum Gasteiger partial charge on any atom is 0.416 e. The van der Waals surface area contributed by atoms with Crippen LogP contribution in [0.4, 0.5) is 17.6 Å². The summed E-state index contributed by atoms with van der Waals surface area (Å²) in [5, 5.41) is 18.2. The zero-order valence-electron chi connectivity index (χ0n) is 13.4. The third-order valence-corrected chi connectivity index (χ3v) is 3.49. The lowest BCUT2D eigenvalue weighted by Gasteiger charge is -2.12. The van der Waals surface area contributed by atoms with Crippen molar-refractivity contribution in [1.29, 1.82) is 5.26 Å². The Kier molecular flexibility index (Phi) is 5.45.